The van der Waals surface area contributed by atoms with Crippen LogP contribution in [0.2, 0.25) is 0 Å². The summed E-state index contributed by atoms with van der Waals surface area (Å²) >= 11 is 0. The van der Waals surface area contributed by atoms with Gasteiger partial charge in [-0.3, -0.25) is 4.57 Å². The van der Waals surface area contributed by atoms with E-state index in [0.717, 1.165) is 50.7 Å². The molecule has 0 unspecified atom stereocenters. The number of rotatable bonds is 12. The first-order chi connectivity index (χ1) is 38.4. The van der Waals surface area contributed by atoms with Gasteiger partial charge in [-0.25, -0.2) is 24.2 Å². The number of aromatic carboxylic acids is 4. The Balaban J connectivity index is 0.00000690. The smallest absolute Gasteiger partial charge is 0.489 e. The monoisotopic (exact) mass is 1130 g/mol. The van der Waals surface area contributed by atoms with E-state index in [1.54, 1.807) is 30.3 Å². The van der Waals surface area contributed by atoms with Gasteiger partial charge in [-0.2, -0.15) is 0 Å². The summed E-state index contributed by atoms with van der Waals surface area (Å²) in [6, 6.07) is 39.0. The maximum absolute atomic E-state index is 11.9. The third-order valence-electron chi connectivity index (χ3n) is 13.6. The molecule has 5 heterocycles. The van der Waals surface area contributed by atoms with Crippen LogP contribution in [-0.2, 0) is 45.2 Å². The van der Waals surface area contributed by atoms with E-state index in [0.29, 0.717) is 73.5 Å². The molecule has 3 aromatic heterocycles. The van der Waals surface area contributed by atoms with Crippen LogP contribution in [-0.4, -0.2) is 69.2 Å². The van der Waals surface area contributed by atoms with Crippen LogP contribution in [0.4, 0.5) is 0 Å². The molecule has 0 saturated carbocycles. The van der Waals surface area contributed by atoms with E-state index in [1.165, 1.54) is 24.3 Å². The van der Waals surface area contributed by atoms with E-state index in [4.69, 9.17) is 49.1 Å². The molecule has 0 fully saturated rings. The molecule has 0 spiro atoms. The zero-order valence-electron chi connectivity index (χ0n) is 43.6. The molecule has 0 amide bonds. The molecule has 0 saturated heterocycles. The third-order valence-corrected chi connectivity index (χ3v) is 13.6. The van der Waals surface area contributed by atoms with Gasteiger partial charge in [-0.1, -0.05) is 81.4 Å². The van der Waals surface area contributed by atoms with Gasteiger partial charge in [0.05, 0.1) is 41.0 Å². The third kappa shape index (κ3) is 10.2. The molecular formula is C61H43N8O11Zn+. The predicted octanol–water partition coefficient (Wildman–Crippen LogP) is 10.6. The van der Waals surface area contributed by atoms with E-state index in [2.05, 4.69) is 32.9 Å². The van der Waals surface area contributed by atoms with Crippen LogP contribution in [0.25, 0.3) is 89.7 Å². The van der Waals surface area contributed by atoms with Crippen LogP contribution in [0, 0.1) is 0 Å². The number of fused-ring (bicyclic) bond motifs is 20. The van der Waals surface area contributed by atoms with Crippen LogP contribution in [0.1, 0.15) is 78.9 Å². The van der Waals surface area contributed by atoms with Crippen molar-refractivity contribution in [2.45, 2.75) is 39.4 Å². The van der Waals surface area contributed by atoms with Gasteiger partial charge in [-0.05, 0) is 123 Å². The van der Waals surface area contributed by atoms with E-state index < -0.39 is 23.9 Å². The number of carboxylic acid groups (broad SMARTS) is 4. The summed E-state index contributed by atoms with van der Waals surface area (Å²) < 4.78 is 20.5. The fourth-order valence-electron chi connectivity index (χ4n) is 9.69. The van der Waals surface area contributed by atoms with Crippen molar-refractivity contribution < 1.29 is 77.9 Å². The maximum atomic E-state index is 11.9. The first-order valence-corrected chi connectivity index (χ1v) is 24.9. The van der Waals surface area contributed by atoms with Crippen molar-refractivity contribution in [2.75, 3.05) is 0 Å². The fraction of sp³-hybridized carbons (Fsp3) is 0.115. The summed E-state index contributed by atoms with van der Waals surface area (Å²) in [5.41, 5.74) is 5.44. The Morgan fingerprint density at radius 1 is 0.457 bits per heavy atom. The molecule has 2 aliphatic rings. The molecule has 0 atom stereocenters. The van der Waals surface area contributed by atoms with Crippen molar-refractivity contribution in [3.63, 3.8) is 0 Å². The van der Waals surface area contributed by atoms with Gasteiger partial charge < -0.3 is 64.5 Å². The standard InChI is InChI=1S/C61H44N8O11.Zn/c1-61(2,3)36-13-15-43-47(26-36)53-65-51(43)63-49-41-9-5-6-10-42(41)50(62-49)64-52-44-16-14-37(27-48(44)54(66-52)68-56-46-12-8-7-11-45(46)55(67-53)69(56)4)80-40-18-30(28-78-38-22-32(57(70)71)20-33(23-38)58(72)73)17-31(19-40)29-79-39-24-34(59(74)75)21-35(25-39)60(76)77;/h5-27H,28-29H2,1-4H3,(H5,62,63,64,65,66,67,68,70,71,72,73,74,75,76,77);/q;+2/p-1. The number of hydrogen-bond donors (Lipinski definition) is 4. The minimum atomic E-state index is -1.35. The number of ether oxygens (including phenoxy) is 3. The predicted molar refractivity (Wildman–Crippen MR) is 292 cm³/mol. The van der Waals surface area contributed by atoms with Crippen molar-refractivity contribution in [1.82, 2.24) is 34.9 Å². The Kier molecular flexibility index (Phi) is 13.4. The van der Waals surface area contributed by atoms with Gasteiger partial charge >= 0.3 is 43.4 Å². The largest absolute Gasteiger partial charge is 2.00 e. The van der Waals surface area contributed by atoms with E-state index in [9.17, 15) is 39.6 Å². The minimum absolute atomic E-state index is 0. The van der Waals surface area contributed by atoms with Gasteiger partial charge in [0.25, 0.3) is 0 Å². The minimum Gasteiger partial charge on any atom is -0.489 e. The van der Waals surface area contributed by atoms with Crippen LogP contribution >= 0.6 is 0 Å². The second-order valence-electron chi connectivity index (χ2n) is 20.1. The van der Waals surface area contributed by atoms with Crippen molar-refractivity contribution in [2.24, 2.45) is 7.05 Å². The SMILES string of the molecule is C[n+]1c2nc3[n-]c(nc4nc(nc5[n-]c(nc1-c1ccccc1-2)c1cc(C(C)(C)C)ccc51)-c1ccccc1-4)c1ccc(Oc2cc(COc4cc(C(=O)O)cc(C(=O)O)c4)cc(COc4cc(C(=O)O)cc(C(=O)O)c4)c2)cc31.[Zn+2]. The second-order valence-corrected chi connectivity index (χ2v) is 20.1. The molecule has 0 aliphatic carbocycles. The van der Waals surface area contributed by atoms with Crippen LogP contribution in [0.3, 0.4) is 0 Å². The Bertz CT molecular complexity index is 4350. The zero-order valence-corrected chi connectivity index (χ0v) is 46.6. The summed E-state index contributed by atoms with van der Waals surface area (Å²) in [4.78, 5) is 83.7. The Labute approximate surface area is 472 Å². The molecule has 12 rings (SSSR count). The average molecular weight is 1130 g/mol. The van der Waals surface area contributed by atoms with E-state index in [-0.39, 0.29) is 77.6 Å². The molecule has 4 N–H and O–H groups in total. The Hall–Kier alpha value is -10.2. The van der Waals surface area contributed by atoms with Crippen LogP contribution in [0.15, 0.2) is 140 Å². The van der Waals surface area contributed by atoms with Gasteiger partial charge in [-0.15, -0.1) is 0 Å². The summed E-state index contributed by atoms with van der Waals surface area (Å²) in [6.45, 7) is 6.06. The molecule has 20 heteroatoms. The Morgan fingerprint density at radius 2 is 0.877 bits per heavy atom. The molecule has 394 valence electrons. The summed E-state index contributed by atoms with van der Waals surface area (Å²) in [6.07, 6.45) is 0. The quantitative estimate of drug-likeness (QED) is 0.0654. The van der Waals surface area contributed by atoms with E-state index in [1.807, 2.05) is 72.3 Å². The number of carboxylic acids is 4. The van der Waals surface area contributed by atoms with Crippen molar-refractivity contribution in [3.05, 3.63) is 178 Å². The molecule has 2 aliphatic heterocycles. The molecule has 10 aromatic rings. The van der Waals surface area contributed by atoms with Gasteiger partial charge in [0, 0.05) is 44.8 Å². The second kappa shape index (κ2) is 20.6. The molecular weight excluding hydrogens is 1090 g/mol. The Morgan fingerprint density at radius 3 is 1.32 bits per heavy atom. The first kappa shape index (κ1) is 52.8. The summed E-state index contributed by atoms with van der Waals surface area (Å²) in [5.74, 6) is -2.87. The van der Waals surface area contributed by atoms with Gasteiger partial charge in [0.2, 0.25) is 0 Å². The van der Waals surface area contributed by atoms with Crippen molar-refractivity contribution in [3.8, 4) is 68.5 Å². The molecule has 19 nitrogen and oxygen atoms in total. The molecule has 7 aromatic carbocycles. The van der Waals surface area contributed by atoms with Crippen LogP contribution in [0.5, 0.6) is 23.0 Å². The maximum Gasteiger partial charge on any atom is 2.00 e. The van der Waals surface area contributed by atoms with Crippen LogP contribution < -0.4 is 28.7 Å². The fourth-order valence-corrected chi connectivity index (χ4v) is 9.69. The summed E-state index contributed by atoms with van der Waals surface area (Å²) in [5, 5.41) is 41.7. The zero-order chi connectivity index (χ0) is 55.7. The normalized spacial score (nSPS) is 11.6. The summed E-state index contributed by atoms with van der Waals surface area (Å²) in [7, 11) is 1.89. The molecule has 81 heavy (non-hydrogen) atoms. The van der Waals surface area contributed by atoms with Gasteiger partial charge in [0.1, 0.15) is 47.9 Å². The number of nitrogens with zero attached hydrogens (tertiary/aromatic N) is 8. The first-order valence-electron chi connectivity index (χ1n) is 24.9. The average Bonchev–Trinajstić information content (AvgIpc) is 4.19. The van der Waals surface area contributed by atoms with E-state index >= 15 is 0 Å². The molecule has 0 radical (unpaired) electrons. The number of aromatic nitrogens is 8. The van der Waals surface area contributed by atoms with Crippen molar-refractivity contribution >= 4 is 68.0 Å². The van der Waals surface area contributed by atoms with Crippen molar-refractivity contribution in [1.29, 1.82) is 0 Å². The number of benzene rings is 7. The number of hydrogen-bond acceptors (Lipinski definition) is 12. The number of carbonyl (C=O) groups is 4. The van der Waals surface area contributed by atoms with Gasteiger partial charge in [0.15, 0.2) is 0 Å². The topological polar surface area (TPSA) is 273 Å². The molecule has 8 bridgehead atoms.